The highest BCUT2D eigenvalue weighted by molar-refractivity contribution is 8.15. The van der Waals surface area contributed by atoms with E-state index >= 15 is 0 Å². The summed E-state index contributed by atoms with van der Waals surface area (Å²) in [5, 5.41) is 1.87. The van der Waals surface area contributed by atoms with Crippen LogP contribution in [0, 0.1) is 6.92 Å². The standard InChI is InChI=1S/C19H18N2O3S/c1-13-7-9-15(10-8-13)20-17(22)12-21-18(23)16(25-19(21)24)11-14-5-3-2-4-6-14/h2-10,16H,11-12H2,1H3,(H,20,22). The molecule has 1 aliphatic heterocycles. The predicted octanol–water partition coefficient (Wildman–Crippen LogP) is 3.24. The van der Waals surface area contributed by atoms with Crippen molar-refractivity contribution in [3.8, 4) is 0 Å². The molecule has 2 aromatic carbocycles. The van der Waals surface area contributed by atoms with Crippen LogP contribution in [0.5, 0.6) is 0 Å². The minimum absolute atomic E-state index is 0.260. The van der Waals surface area contributed by atoms with Crippen molar-refractivity contribution in [2.24, 2.45) is 0 Å². The lowest BCUT2D eigenvalue weighted by molar-refractivity contribution is -0.130. The zero-order valence-electron chi connectivity index (χ0n) is 13.8. The first-order valence-electron chi connectivity index (χ1n) is 7.95. The fourth-order valence-corrected chi connectivity index (χ4v) is 3.61. The second kappa shape index (κ2) is 7.53. The van der Waals surface area contributed by atoms with Gasteiger partial charge in [0.2, 0.25) is 11.8 Å². The van der Waals surface area contributed by atoms with Crippen LogP contribution >= 0.6 is 11.8 Å². The van der Waals surface area contributed by atoms with Crippen LogP contribution in [0.3, 0.4) is 0 Å². The highest BCUT2D eigenvalue weighted by atomic mass is 32.2. The summed E-state index contributed by atoms with van der Waals surface area (Å²) in [6.45, 7) is 1.70. The van der Waals surface area contributed by atoms with E-state index in [1.54, 1.807) is 12.1 Å². The normalized spacial score (nSPS) is 17.0. The molecule has 6 heteroatoms. The van der Waals surface area contributed by atoms with Crippen LogP contribution in [0.25, 0.3) is 0 Å². The molecule has 0 radical (unpaired) electrons. The number of benzene rings is 2. The van der Waals surface area contributed by atoms with Gasteiger partial charge in [-0.15, -0.1) is 0 Å². The minimum Gasteiger partial charge on any atom is -0.325 e. The number of hydrogen-bond donors (Lipinski definition) is 1. The van der Waals surface area contributed by atoms with E-state index in [0.29, 0.717) is 12.1 Å². The molecule has 0 saturated carbocycles. The molecular formula is C19H18N2O3S. The lowest BCUT2D eigenvalue weighted by atomic mass is 10.1. The molecule has 1 fully saturated rings. The van der Waals surface area contributed by atoms with Gasteiger partial charge in [0.15, 0.2) is 0 Å². The molecule has 2 aromatic rings. The monoisotopic (exact) mass is 354 g/mol. The smallest absolute Gasteiger partial charge is 0.289 e. The molecule has 0 bridgehead atoms. The molecule has 3 rings (SSSR count). The molecule has 5 nitrogen and oxygen atoms in total. The van der Waals surface area contributed by atoms with Crippen LogP contribution in [0.1, 0.15) is 11.1 Å². The Morgan fingerprint density at radius 3 is 2.44 bits per heavy atom. The van der Waals surface area contributed by atoms with E-state index in [4.69, 9.17) is 0 Å². The first-order valence-corrected chi connectivity index (χ1v) is 8.83. The third-order valence-corrected chi connectivity index (χ3v) is 4.98. The van der Waals surface area contributed by atoms with Gasteiger partial charge in [-0.3, -0.25) is 19.3 Å². The zero-order chi connectivity index (χ0) is 17.8. The summed E-state index contributed by atoms with van der Waals surface area (Å²) in [5.74, 6) is -0.690. The Kier molecular flexibility index (Phi) is 5.19. The Morgan fingerprint density at radius 2 is 1.76 bits per heavy atom. The van der Waals surface area contributed by atoms with E-state index in [-0.39, 0.29) is 23.6 Å². The molecule has 1 N–H and O–H groups in total. The Balaban J connectivity index is 1.60. The van der Waals surface area contributed by atoms with Gasteiger partial charge in [-0.1, -0.05) is 59.8 Å². The number of anilines is 1. The molecule has 0 aromatic heterocycles. The highest BCUT2D eigenvalue weighted by Gasteiger charge is 2.40. The Morgan fingerprint density at radius 1 is 1.08 bits per heavy atom. The number of carbonyl (C=O) groups excluding carboxylic acids is 3. The average molecular weight is 354 g/mol. The van der Waals surface area contributed by atoms with E-state index in [1.165, 1.54) is 0 Å². The number of amides is 3. The maximum absolute atomic E-state index is 12.5. The van der Waals surface area contributed by atoms with Gasteiger partial charge in [-0.25, -0.2) is 0 Å². The summed E-state index contributed by atoms with van der Waals surface area (Å²) < 4.78 is 0. The van der Waals surface area contributed by atoms with Crippen molar-refractivity contribution in [1.29, 1.82) is 0 Å². The molecular weight excluding hydrogens is 336 g/mol. The van der Waals surface area contributed by atoms with Crippen LogP contribution in [-0.4, -0.2) is 33.7 Å². The minimum atomic E-state index is -0.470. The van der Waals surface area contributed by atoms with Gasteiger partial charge in [-0.05, 0) is 31.0 Å². The molecule has 1 aliphatic rings. The summed E-state index contributed by atoms with van der Waals surface area (Å²) >= 11 is 0.984. The van der Waals surface area contributed by atoms with E-state index in [2.05, 4.69) is 5.32 Å². The Hall–Kier alpha value is -2.60. The van der Waals surface area contributed by atoms with E-state index in [1.807, 2.05) is 49.4 Å². The topological polar surface area (TPSA) is 66.5 Å². The first kappa shape index (κ1) is 17.2. The van der Waals surface area contributed by atoms with Crippen molar-refractivity contribution in [3.05, 3.63) is 65.7 Å². The summed E-state index contributed by atoms with van der Waals surface area (Å²) in [5.41, 5.74) is 2.72. The molecule has 1 unspecified atom stereocenters. The van der Waals surface area contributed by atoms with Gasteiger partial charge in [-0.2, -0.15) is 0 Å². The van der Waals surface area contributed by atoms with Crippen LogP contribution < -0.4 is 5.32 Å². The molecule has 0 spiro atoms. The van der Waals surface area contributed by atoms with Crippen molar-refractivity contribution in [3.63, 3.8) is 0 Å². The molecule has 3 amide bonds. The van der Waals surface area contributed by atoms with Gasteiger partial charge in [0.1, 0.15) is 6.54 Å². The third-order valence-electron chi connectivity index (χ3n) is 3.91. The van der Waals surface area contributed by atoms with Crippen LogP contribution in [0.2, 0.25) is 0 Å². The van der Waals surface area contributed by atoms with Crippen LogP contribution in [0.4, 0.5) is 10.5 Å². The Labute approximate surface area is 150 Å². The SMILES string of the molecule is Cc1ccc(NC(=O)CN2C(=O)SC(Cc3ccccc3)C2=O)cc1. The highest BCUT2D eigenvalue weighted by Crippen LogP contribution is 2.29. The van der Waals surface area contributed by atoms with Gasteiger partial charge < -0.3 is 5.32 Å². The van der Waals surface area contributed by atoms with Crippen molar-refractivity contribution >= 4 is 34.5 Å². The molecule has 128 valence electrons. The summed E-state index contributed by atoms with van der Waals surface area (Å²) in [7, 11) is 0. The lowest BCUT2D eigenvalue weighted by Crippen LogP contribution is -2.38. The average Bonchev–Trinajstić information content (AvgIpc) is 2.85. The molecule has 25 heavy (non-hydrogen) atoms. The van der Waals surface area contributed by atoms with Crippen molar-refractivity contribution < 1.29 is 14.4 Å². The second-order valence-electron chi connectivity index (χ2n) is 5.90. The largest absolute Gasteiger partial charge is 0.325 e. The first-order chi connectivity index (χ1) is 12.0. The summed E-state index contributed by atoms with van der Waals surface area (Å²) in [6, 6.07) is 16.9. The number of nitrogens with one attached hydrogen (secondary N) is 1. The van der Waals surface area contributed by atoms with Crippen molar-refractivity contribution in [1.82, 2.24) is 4.90 Å². The summed E-state index contributed by atoms with van der Waals surface area (Å²) in [6.07, 6.45) is 0.478. The Bertz CT molecular complexity index is 790. The van der Waals surface area contributed by atoms with Crippen LogP contribution in [-0.2, 0) is 16.0 Å². The fraction of sp³-hybridized carbons (Fsp3) is 0.211. The van der Waals surface area contributed by atoms with Gasteiger partial charge in [0.25, 0.3) is 5.24 Å². The summed E-state index contributed by atoms with van der Waals surface area (Å²) in [4.78, 5) is 37.7. The second-order valence-corrected chi connectivity index (χ2v) is 7.05. The predicted molar refractivity (Wildman–Crippen MR) is 98.4 cm³/mol. The number of hydrogen-bond acceptors (Lipinski definition) is 4. The maximum Gasteiger partial charge on any atom is 0.289 e. The van der Waals surface area contributed by atoms with Crippen LogP contribution in [0.15, 0.2) is 54.6 Å². The van der Waals surface area contributed by atoms with Gasteiger partial charge >= 0.3 is 0 Å². The third kappa shape index (κ3) is 4.28. The fourth-order valence-electron chi connectivity index (χ4n) is 2.58. The number of nitrogens with zero attached hydrogens (tertiary/aromatic N) is 1. The lowest BCUT2D eigenvalue weighted by Gasteiger charge is -2.14. The van der Waals surface area contributed by atoms with Crippen molar-refractivity contribution in [2.45, 2.75) is 18.6 Å². The number of imide groups is 1. The number of rotatable bonds is 5. The van der Waals surface area contributed by atoms with E-state index < -0.39 is 5.25 Å². The zero-order valence-corrected chi connectivity index (χ0v) is 14.6. The maximum atomic E-state index is 12.5. The molecule has 1 saturated heterocycles. The van der Waals surface area contributed by atoms with E-state index in [9.17, 15) is 14.4 Å². The molecule has 0 aliphatic carbocycles. The van der Waals surface area contributed by atoms with Gasteiger partial charge in [0, 0.05) is 5.69 Å². The van der Waals surface area contributed by atoms with Gasteiger partial charge in [0.05, 0.1) is 5.25 Å². The molecule has 1 heterocycles. The van der Waals surface area contributed by atoms with Crippen molar-refractivity contribution in [2.75, 3.05) is 11.9 Å². The number of aryl methyl sites for hydroxylation is 1. The quantitative estimate of drug-likeness (QED) is 0.895. The molecule has 1 atom stereocenters. The number of carbonyl (C=O) groups is 3. The van der Waals surface area contributed by atoms with E-state index in [0.717, 1.165) is 27.8 Å². The number of thioether (sulfide) groups is 1.